The zero-order valence-corrected chi connectivity index (χ0v) is 23.2. The van der Waals surface area contributed by atoms with Crippen LogP contribution in [0.4, 0.5) is 4.39 Å². The minimum absolute atomic E-state index is 0.00314. The number of halogens is 1. The van der Waals surface area contributed by atoms with Crippen LogP contribution in [0.5, 0.6) is 5.75 Å². The fourth-order valence-electron chi connectivity index (χ4n) is 8.56. The molecule has 214 valence electrons. The molecule has 39 heavy (non-hydrogen) atoms. The summed E-state index contributed by atoms with van der Waals surface area (Å²) in [6.45, 7) is 7.51. The van der Waals surface area contributed by atoms with Gasteiger partial charge < -0.3 is 29.4 Å². The number of hydrogen-bond donors (Lipinski definition) is 3. The van der Waals surface area contributed by atoms with Gasteiger partial charge in [-0.15, -0.1) is 0 Å². The molecule has 3 N–H and O–H groups in total. The first-order valence-corrected chi connectivity index (χ1v) is 14.1. The number of aliphatic hydroxyl groups is 2. The van der Waals surface area contributed by atoms with Crippen LogP contribution < -0.4 is 10.2 Å². The molecule has 0 amide bonds. The largest absolute Gasteiger partial charge is 0.494 e. The van der Waals surface area contributed by atoms with Gasteiger partial charge >= 0.3 is 13.1 Å². The van der Waals surface area contributed by atoms with Crippen LogP contribution in [-0.2, 0) is 25.6 Å². The third-order valence-corrected chi connectivity index (χ3v) is 11.1. The van der Waals surface area contributed by atoms with Gasteiger partial charge in [0, 0.05) is 29.8 Å². The number of benzene rings is 1. The third-order valence-electron chi connectivity index (χ3n) is 11.1. The Morgan fingerprint density at radius 2 is 2.00 bits per heavy atom. The highest BCUT2D eigenvalue weighted by Crippen LogP contribution is 2.68. The Hall–Kier alpha value is -2.01. The Kier molecular flexibility index (Phi) is 7.40. The van der Waals surface area contributed by atoms with Crippen molar-refractivity contribution in [2.75, 3.05) is 13.2 Å². The van der Waals surface area contributed by atoms with Crippen molar-refractivity contribution in [3.63, 3.8) is 0 Å². The zero-order chi connectivity index (χ0) is 28.3. The van der Waals surface area contributed by atoms with E-state index in [0.717, 1.165) is 12.8 Å². The van der Waals surface area contributed by atoms with E-state index in [2.05, 4.69) is 6.92 Å². The van der Waals surface area contributed by atoms with Crippen molar-refractivity contribution in [1.82, 2.24) is 0 Å². The molecule has 0 radical (unpaired) electrons. The second kappa shape index (κ2) is 10.1. The molecule has 0 unspecified atom stereocenters. The predicted octanol–water partition coefficient (Wildman–Crippen LogP) is 2.53. The van der Waals surface area contributed by atoms with Crippen molar-refractivity contribution in [3.8, 4) is 5.75 Å². The molecular weight excluding hydrogens is 506 g/mol. The van der Waals surface area contributed by atoms with E-state index in [1.807, 2.05) is 20.8 Å². The molecule has 3 aliphatic carbocycles. The van der Waals surface area contributed by atoms with Gasteiger partial charge in [0.1, 0.15) is 11.9 Å². The summed E-state index contributed by atoms with van der Waals surface area (Å²) in [6, 6.07) is 2.98. The maximum Gasteiger partial charge on any atom is 0.494 e. The zero-order valence-electron chi connectivity index (χ0n) is 23.2. The van der Waals surface area contributed by atoms with E-state index in [9.17, 15) is 29.2 Å². The van der Waals surface area contributed by atoms with Gasteiger partial charge in [-0.2, -0.15) is 0 Å². The molecule has 1 aromatic carbocycles. The minimum Gasteiger partial charge on any atom is -0.479 e. The lowest BCUT2D eigenvalue weighted by atomic mass is 9.43. The minimum atomic E-state index is -1.39. The molecule has 8 atom stereocenters. The van der Waals surface area contributed by atoms with Crippen molar-refractivity contribution < 1.29 is 43.3 Å². The summed E-state index contributed by atoms with van der Waals surface area (Å²) in [4.78, 5) is 26.8. The summed E-state index contributed by atoms with van der Waals surface area (Å²) in [6.07, 6.45) is 1.92. The lowest BCUT2D eigenvalue weighted by molar-refractivity contribution is -0.214. The molecule has 3 saturated carbocycles. The molecule has 10 heteroatoms. The molecule has 0 saturated heterocycles. The highest BCUT2D eigenvalue weighted by molar-refractivity contribution is 6.61. The number of ether oxygens (including phenoxy) is 2. The number of carbonyl (C=O) groups is 2. The molecule has 0 spiro atoms. The van der Waals surface area contributed by atoms with Crippen LogP contribution in [0.2, 0.25) is 0 Å². The summed E-state index contributed by atoms with van der Waals surface area (Å²) in [7, 11) is -1.39. The maximum atomic E-state index is 15.0. The monoisotopic (exact) mass is 546 g/mol. The van der Waals surface area contributed by atoms with E-state index in [0.29, 0.717) is 24.8 Å². The van der Waals surface area contributed by atoms with Crippen LogP contribution in [0.25, 0.3) is 0 Å². The number of Topliss-reactive ketones (excluding diaryl/α,β-unsaturated/α-hetero) is 1. The number of ketones is 1. The van der Waals surface area contributed by atoms with Gasteiger partial charge in [-0.1, -0.05) is 33.8 Å². The van der Waals surface area contributed by atoms with Crippen molar-refractivity contribution >= 4 is 24.3 Å². The Morgan fingerprint density at radius 3 is 2.72 bits per heavy atom. The number of esters is 1. The Morgan fingerprint density at radius 1 is 1.26 bits per heavy atom. The first-order valence-electron chi connectivity index (χ1n) is 14.1. The third kappa shape index (κ3) is 4.33. The molecule has 4 aliphatic rings. The number of hydrogen-bond acceptors (Lipinski definition) is 8. The van der Waals surface area contributed by atoms with Crippen LogP contribution in [0.1, 0.15) is 71.8 Å². The smallest absolute Gasteiger partial charge is 0.479 e. The number of carbonyl (C=O) groups excluding carboxylic acids is 2. The predicted molar refractivity (Wildman–Crippen MR) is 140 cm³/mol. The fraction of sp³-hybridized carbons (Fsp3) is 0.724. The first kappa shape index (κ1) is 28.5. The van der Waals surface area contributed by atoms with Crippen LogP contribution >= 0.6 is 0 Å². The topological polar surface area (TPSA) is 123 Å². The van der Waals surface area contributed by atoms with E-state index in [-0.39, 0.29) is 54.4 Å². The van der Waals surface area contributed by atoms with E-state index in [1.165, 1.54) is 6.07 Å². The molecule has 3 fully saturated rings. The first-order chi connectivity index (χ1) is 18.4. The Bertz CT molecular complexity index is 1150. The summed E-state index contributed by atoms with van der Waals surface area (Å²) in [5.41, 5.74) is -1.29. The number of rotatable bonds is 6. The normalized spacial score (nSPS) is 39.5. The van der Waals surface area contributed by atoms with Crippen molar-refractivity contribution in [3.05, 3.63) is 23.5 Å². The quantitative estimate of drug-likeness (QED) is 0.368. The van der Waals surface area contributed by atoms with E-state index >= 15 is 0 Å². The fourth-order valence-corrected chi connectivity index (χ4v) is 8.56. The molecule has 1 heterocycles. The van der Waals surface area contributed by atoms with E-state index in [1.54, 1.807) is 6.07 Å². The van der Waals surface area contributed by atoms with Crippen LogP contribution in [0.3, 0.4) is 0 Å². The van der Waals surface area contributed by atoms with Gasteiger partial charge in [0.2, 0.25) is 0 Å². The van der Waals surface area contributed by atoms with E-state index in [4.69, 9.17) is 14.1 Å². The van der Waals surface area contributed by atoms with Crippen molar-refractivity contribution in [1.29, 1.82) is 0 Å². The van der Waals surface area contributed by atoms with Gasteiger partial charge in [-0.25, -0.2) is 9.18 Å². The van der Waals surface area contributed by atoms with Crippen molar-refractivity contribution in [2.45, 2.75) is 85.0 Å². The average Bonchev–Trinajstić information content (AvgIpc) is 3.45. The lowest BCUT2D eigenvalue weighted by Gasteiger charge is -2.62. The average molecular weight is 546 g/mol. The molecule has 5 rings (SSSR count). The standard InChI is InChI=1S/C29H40BFO8/c1-16-7-9-29-10-8-19(33)25(29)28(16,4)21(13-27(3,11-12-32)26(35)17(29)2)39-22(34)15-37-20-6-5-18-14-38-30(36)23(18)24(20)31/h5-6,16-17,21,25-26,32,35-36H,7-15H2,1-4H3/t16-,17-,21+,25-,26-,27+,28-,29-/m0/s1. The summed E-state index contributed by atoms with van der Waals surface area (Å²) >= 11 is 0. The molecule has 0 aromatic heterocycles. The summed E-state index contributed by atoms with van der Waals surface area (Å²) < 4.78 is 31.7. The van der Waals surface area contributed by atoms with Crippen molar-refractivity contribution in [2.24, 2.45) is 34.0 Å². The highest BCUT2D eigenvalue weighted by Gasteiger charge is 2.68. The number of fused-ring (bicyclic) bond motifs is 1. The van der Waals surface area contributed by atoms with Crippen LogP contribution in [-0.4, -0.2) is 59.5 Å². The molecular formula is C29H40BFO8. The Balaban J connectivity index is 1.45. The van der Waals surface area contributed by atoms with Gasteiger partial charge in [0.05, 0.1) is 12.7 Å². The highest BCUT2D eigenvalue weighted by atomic mass is 19.1. The SMILES string of the molecule is C[C@H]1[C@H](O)[C@](C)(CCO)C[C@@H](OC(=O)COc2ccc3c(c2F)B(O)OC3)[C@@]2(C)[C@@H]3C(=O)CC[C@]31CC[C@@H]2C. The molecule has 2 bridgehead atoms. The molecule has 1 aromatic rings. The van der Waals surface area contributed by atoms with Gasteiger partial charge in [0.25, 0.3) is 0 Å². The molecule has 8 nitrogen and oxygen atoms in total. The lowest BCUT2D eigenvalue weighted by Crippen LogP contribution is -2.63. The number of aliphatic hydroxyl groups excluding tert-OH is 2. The summed E-state index contributed by atoms with van der Waals surface area (Å²) in [5.74, 6) is -1.95. The van der Waals surface area contributed by atoms with E-state index < -0.39 is 54.0 Å². The van der Waals surface area contributed by atoms with Gasteiger partial charge in [-0.05, 0) is 66.4 Å². The second-order valence-corrected chi connectivity index (χ2v) is 12.9. The maximum absolute atomic E-state index is 15.0. The summed E-state index contributed by atoms with van der Waals surface area (Å²) in [5, 5.41) is 31.5. The van der Waals surface area contributed by atoms with Gasteiger partial charge in [0.15, 0.2) is 18.2 Å². The Labute approximate surface area is 229 Å². The molecule has 1 aliphatic heterocycles. The van der Waals surface area contributed by atoms with Crippen LogP contribution in [0, 0.1) is 39.8 Å². The second-order valence-electron chi connectivity index (χ2n) is 12.9. The van der Waals surface area contributed by atoms with Gasteiger partial charge in [-0.3, -0.25) is 4.79 Å². The van der Waals surface area contributed by atoms with Crippen LogP contribution in [0.15, 0.2) is 12.1 Å².